The molecule has 13 aromatic carbocycles. The first-order valence-corrected chi connectivity index (χ1v) is 33.5. The van der Waals surface area contributed by atoms with E-state index in [0.29, 0.717) is 0 Å². The first-order chi connectivity index (χ1) is 46.6. The molecule has 0 saturated heterocycles. The Morgan fingerprint density at radius 1 is 0.274 bits per heavy atom. The number of anilines is 6. The van der Waals surface area contributed by atoms with E-state index >= 15 is 0 Å². The van der Waals surface area contributed by atoms with Crippen LogP contribution in [-0.2, 0) is 10.8 Å². The lowest BCUT2D eigenvalue weighted by Crippen LogP contribution is -2.16. The highest BCUT2D eigenvalue weighted by atomic mass is 32.1. The van der Waals surface area contributed by atoms with Gasteiger partial charge in [0.15, 0.2) is 0 Å². The number of fused-ring (bicyclic) bond motifs is 21. The topological polar surface area (TPSA) is 58.5 Å². The van der Waals surface area contributed by atoms with Crippen LogP contribution in [0.1, 0.15) is 49.9 Å². The van der Waals surface area contributed by atoms with E-state index in [1.807, 2.05) is 48.0 Å². The Bertz CT molecular complexity index is 6310. The van der Waals surface area contributed by atoms with Crippen molar-refractivity contribution in [3.05, 3.63) is 302 Å². The molecule has 6 nitrogen and oxygen atoms in total. The lowest BCUT2D eigenvalue weighted by molar-refractivity contribution is 0.660. The maximum absolute atomic E-state index is 6.58. The van der Waals surface area contributed by atoms with Crippen LogP contribution in [0.4, 0.5) is 34.1 Å². The van der Waals surface area contributed by atoms with Gasteiger partial charge in [0.25, 0.3) is 0 Å². The van der Waals surface area contributed by atoms with Crippen LogP contribution in [0.25, 0.3) is 141 Å². The number of pyridine rings is 2. The summed E-state index contributed by atoms with van der Waals surface area (Å²) in [5, 5.41) is 14.0. The summed E-state index contributed by atoms with van der Waals surface area (Å²) < 4.78 is 15.6. The van der Waals surface area contributed by atoms with Crippen LogP contribution in [0, 0.1) is 0 Å². The summed E-state index contributed by atoms with van der Waals surface area (Å²) in [5.74, 6) is 0. The van der Waals surface area contributed by atoms with Crippen molar-refractivity contribution in [3.63, 3.8) is 0 Å². The summed E-state index contributed by atoms with van der Waals surface area (Å²) in [5.41, 5.74) is 23.9. The number of aromatic nitrogens is 2. The number of thiophene rings is 1. The van der Waals surface area contributed by atoms with Crippen LogP contribution in [0.15, 0.2) is 288 Å². The van der Waals surface area contributed by atoms with Gasteiger partial charge in [0.05, 0.1) is 11.4 Å². The van der Waals surface area contributed by atoms with Gasteiger partial charge in [0.1, 0.15) is 22.3 Å². The molecule has 0 saturated carbocycles. The Morgan fingerprint density at radius 2 is 0.653 bits per heavy atom. The van der Waals surface area contributed by atoms with Gasteiger partial charge in [0.2, 0.25) is 0 Å². The van der Waals surface area contributed by atoms with Crippen molar-refractivity contribution >= 4 is 142 Å². The van der Waals surface area contributed by atoms with Gasteiger partial charge in [-0.25, -0.2) is 0 Å². The van der Waals surface area contributed by atoms with Gasteiger partial charge in [-0.2, -0.15) is 0 Å². The van der Waals surface area contributed by atoms with Gasteiger partial charge in [-0.1, -0.05) is 131 Å². The van der Waals surface area contributed by atoms with Crippen molar-refractivity contribution in [3.8, 4) is 44.8 Å². The molecule has 2 aliphatic carbocycles. The van der Waals surface area contributed by atoms with Crippen molar-refractivity contribution in [2.24, 2.45) is 0 Å². The number of benzene rings is 13. The van der Waals surface area contributed by atoms with Crippen LogP contribution in [0.3, 0.4) is 0 Å². The maximum atomic E-state index is 6.58. The van der Waals surface area contributed by atoms with Gasteiger partial charge in [-0.15, -0.1) is 11.3 Å². The fraction of sp³-hybridized carbons (Fsp3) is 0.0682. The third-order valence-corrected chi connectivity index (χ3v) is 22.0. The Kier molecular flexibility index (Phi) is 11.3. The smallest absolute Gasteiger partial charge is 0.135 e. The number of hydrogen-bond acceptors (Lipinski definition) is 7. The molecule has 0 radical (unpaired) electrons. The summed E-state index contributed by atoms with van der Waals surface area (Å²) in [6, 6.07) is 98.4. The molecule has 0 unspecified atom stereocenters. The van der Waals surface area contributed by atoms with E-state index in [1.165, 1.54) is 97.0 Å². The molecular formula is C88H58N4O2S. The monoisotopic (exact) mass is 1230 g/mol. The van der Waals surface area contributed by atoms with Crippen molar-refractivity contribution in [2.45, 2.75) is 38.5 Å². The molecule has 2 aliphatic rings. The van der Waals surface area contributed by atoms with Crippen LogP contribution >= 0.6 is 11.3 Å². The average molecular weight is 1240 g/mol. The Morgan fingerprint density at radius 3 is 1.18 bits per heavy atom. The third-order valence-electron chi connectivity index (χ3n) is 20.9. The Hall–Kier alpha value is -11.6. The fourth-order valence-electron chi connectivity index (χ4n) is 16.2. The van der Waals surface area contributed by atoms with Gasteiger partial charge >= 0.3 is 0 Å². The molecule has 0 bridgehead atoms. The zero-order chi connectivity index (χ0) is 63.0. The largest absolute Gasteiger partial charge is 0.456 e. The molecule has 7 heteroatoms. The highest BCUT2D eigenvalue weighted by Crippen LogP contribution is 2.54. The molecule has 0 amide bonds. The summed E-state index contributed by atoms with van der Waals surface area (Å²) in [6.45, 7) is 9.45. The maximum Gasteiger partial charge on any atom is 0.135 e. The molecule has 0 spiro atoms. The van der Waals surface area contributed by atoms with Crippen molar-refractivity contribution < 1.29 is 8.83 Å². The first kappa shape index (κ1) is 54.0. The first-order valence-electron chi connectivity index (χ1n) is 32.6. The highest BCUT2D eigenvalue weighted by molar-refractivity contribution is 7.26. The van der Waals surface area contributed by atoms with Crippen LogP contribution < -0.4 is 9.80 Å². The second-order valence-electron chi connectivity index (χ2n) is 26.8. The second-order valence-corrected chi connectivity index (χ2v) is 27.9. The fourth-order valence-corrected chi connectivity index (χ4v) is 17.3. The molecule has 0 aliphatic heterocycles. The highest BCUT2D eigenvalue weighted by Gasteiger charge is 2.38. The second kappa shape index (κ2) is 19.9. The van der Waals surface area contributed by atoms with Crippen LogP contribution in [0.2, 0.25) is 0 Å². The SMILES string of the molecule is CC1(C)c2ccccc2-c2ccc(N(c3ccc4oc5ccc(-c6ccccn6)cc5c4c3)c3ccc4sc5cc6c7ccc(N(c8ccc9c(c8)C(C)(C)c8ccccc8-9)c8ccc9oc%10ccc(-c%11ccccn%11)cc%10c9c8)cc7c7ccccc7c6cc5c4c3)cc21. The lowest BCUT2D eigenvalue weighted by atomic mass is 9.82. The molecular weight excluding hydrogens is 1180 g/mol. The summed E-state index contributed by atoms with van der Waals surface area (Å²) in [7, 11) is 0. The predicted molar refractivity (Wildman–Crippen MR) is 397 cm³/mol. The molecule has 95 heavy (non-hydrogen) atoms. The Balaban J connectivity index is 0.755. The molecule has 5 aromatic heterocycles. The van der Waals surface area contributed by atoms with Crippen molar-refractivity contribution in [1.82, 2.24) is 9.97 Å². The average Bonchev–Trinajstić information content (AvgIpc) is 1.70. The molecule has 5 heterocycles. The predicted octanol–water partition coefficient (Wildman–Crippen LogP) is 25.0. The van der Waals surface area contributed by atoms with Gasteiger partial charge < -0.3 is 18.6 Å². The number of nitrogens with zero attached hydrogens (tertiary/aromatic N) is 4. The molecule has 18 aromatic rings. The standard InChI is InChI=1S/C88H58N4O2S/c1-87(2)75-19-9-7-17-62(75)64-32-26-57(47-77(64)87)91(54-28-36-83-71(44-54)69-41-51(23-34-81(69)93-83)79-21-11-13-39-89-79)53-25-31-61-66(43-53)59-15-5-6-16-60(59)67-49-74-73-46-56(30-38-85(73)95-86(74)50-68(61)67)92(58-27-33-65-63-18-8-10-20-76(63)88(3,4)78(65)48-58)55-29-37-84-72(45-55)70-42-52(24-35-82(70)94-84)80-22-12-14-40-90-80/h5-50H,1-4H3. The van der Waals surface area contributed by atoms with Crippen molar-refractivity contribution in [1.29, 1.82) is 0 Å². The number of furan rings is 2. The minimum Gasteiger partial charge on any atom is -0.456 e. The quantitative estimate of drug-likeness (QED) is 0.141. The van der Waals surface area contributed by atoms with E-state index in [-0.39, 0.29) is 10.8 Å². The number of rotatable bonds is 8. The van der Waals surface area contributed by atoms with E-state index < -0.39 is 0 Å². The molecule has 20 rings (SSSR count). The van der Waals surface area contributed by atoms with Crippen molar-refractivity contribution in [2.75, 3.05) is 9.80 Å². The summed E-state index contributed by atoms with van der Waals surface area (Å²) in [4.78, 5) is 14.3. The van der Waals surface area contributed by atoms with E-state index in [1.54, 1.807) is 0 Å². The molecule has 0 fully saturated rings. The minimum absolute atomic E-state index is 0.187. The molecule has 0 N–H and O–H groups in total. The van der Waals surface area contributed by atoms with Gasteiger partial charge in [0, 0.05) is 110 Å². The van der Waals surface area contributed by atoms with Crippen LogP contribution in [0.5, 0.6) is 0 Å². The van der Waals surface area contributed by atoms with E-state index in [9.17, 15) is 0 Å². The third kappa shape index (κ3) is 8.03. The molecule has 0 atom stereocenters. The van der Waals surface area contributed by atoms with Gasteiger partial charge in [-0.05, 0) is 241 Å². The Labute approximate surface area is 551 Å². The number of hydrogen-bond donors (Lipinski definition) is 0. The minimum atomic E-state index is -0.192. The zero-order valence-electron chi connectivity index (χ0n) is 52.6. The molecule has 448 valence electrons. The van der Waals surface area contributed by atoms with Crippen LogP contribution in [-0.4, -0.2) is 9.97 Å². The van der Waals surface area contributed by atoms with E-state index in [0.717, 1.165) is 101 Å². The van der Waals surface area contributed by atoms with E-state index in [4.69, 9.17) is 18.8 Å². The zero-order valence-corrected chi connectivity index (χ0v) is 53.4. The normalized spacial score (nSPS) is 13.6. The van der Waals surface area contributed by atoms with E-state index in [2.05, 4.69) is 280 Å². The lowest BCUT2D eigenvalue weighted by Gasteiger charge is -2.28. The van der Waals surface area contributed by atoms with Gasteiger partial charge in [-0.3, -0.25) is 9.97 Å². The summed E-state index contributed by atoms with van der Waals surface area (Å²) >= 11 is 1.87. The summed E-state index contributed by atoms with van der Waals surface area (Å²) in [6.07, 6.45) is 3.70.